The number of hydrogen-bond donors (Lipinski definition) is 0. The molecule has 2 unspecified atom stereocenters. The third-order valence-electron chi connectivity index (χ3n) is 2.04. The summed E-state index contributed by atoms with van der Waals surface area (Å²) in [4.78, 5) is 0. The van der Waals surface area contributed by atoms with Crippen LogP contribution >= 0.6 is 0 Å². The van der Waals surface area contributed by atoms with Crippen molar-refractivity contribution in [2.24, 2.45) is 0 Å². The van der Waals surface area contributed by atoms with Gasteiger partial charge in [-0.25, -0.2) is 0 Å². The predicted octanol–water partition coefficient (Wildman–Crippen LogP) is 1.95. The summed E-state index contributed by atoms with van der Waals surface area (Å²) >= 11 is 0. The van der Waals surface area contributed by atoms with Crippen LogP contribution in [0.1, 0.15) is 33.1 Å². The van der Waals surface area contributed by atoms with Crippen LogP contribution in [0.25, 0.3) is 0 Å². The maximum absolute atomic E-state index is 5.47. The summed E-state index contributed by atoms with van der Waals surface area (Å²) in [7, 11) is 0. The fourth-order valence-corrected chi connectivity index (χ4v) is 1.26. The highest BCUT2D eigenvalue weighted by molar-refractivity contribution is 4.59. The van der Waals surface area contributed by atoms with Crippen LogP contribution in [0.3, 0.4) is 0 Å². The van der Waals surface area contributed by atoms with E-state index in [0.717, 1.165) is 32.7 Å². The van der Waals surface area contributed by atoms with Gasteiger partial charge in [-0.15, -0.1) is 0 Å². The second kappa shape index (κ2) is 6.35. The highest BCUT2D eigenvalue weighted by atomic mass is 16.7. The van der Waals surface area contributed by atoms with E-state index in [1.165, 1.54) is 6.42 Å². The van der Waals surface area contributed by atoms with Crippen LogP contribution in [0.5, 0.6) is 0 Å². The van der Waals surface area contributed by atoms with E-state index in [-0.39, 0.29) is 12.4 Å². The molecule has 0 amide bonds. The molecule has 0 spiro atoms. The zero-order valence-electron chi connectivity index (χ0n) is 8.62. The predicted molar refractivity (Wildman–Crippen MR) is 50.6 cm³/mol. The van der Waals surface area contributed by atoms with Crippen LogP contribution in [0.2, 0.25) is 0 Å². The van der Waals surface area contributed by atoms with E-state index >= 15 is 0 Å². The molecule has 0 aromatic heterocycles. The molecule has 1 heterocycles. The molecule has 1 aliphatic rings. The molecular weight excluding hydrogens is 168 g/mol. The summed E-state index contributed by atoms with van der Waals surface area (Å²) in [6, 6.07) is 0. The first-order valence-corrected chi connectivity index (χ1v) is 5.17. The first-order chi connectivity index (χ1) is 6.33. The molecule has 0 aromatic rings. The molecule has 0 bridgehead atoms. The van der Waals surface area contributed by atoms with E-state index in [4.69, 9.17) is 14.2 Å². The Hall–Kier alpha value is -0.120. The third kappa shape index (κ3) is 4.60. The first-order valence-electron chi connectivity index (χ1n) is 5.17. The van der Waals surface area contributed by atoms with Crippen molar-refractivity contribution in [3.05, 3.63) is 0 Å². The van der Waals surface area contributed by atoms with Gasteiger partial charge in [0.05, 0.1) is 19.3 Å². The molecule has 2 atom stereocenters. The molecule has 1 aliphatic heterocycles. The molecule has 3 nitrogen and oxygen atoms in total. The molecule has 78 valence electrons. The summed E-state index contributed by atoms with van der Waals surface area (Å²) in [5.74, 6) is 0. The van der Waals surface area contributed by atoms with Gasteiger partial charge < -0.3 is 14.2 Å². The van der Waals surface area contributed by atoms with Crippen LogP contribution in [0.4, 0.5) is 0 Å². The Morgan fingerprint density at radius 2 is 2.23 bits per heavy atom. The van der Waals surface area contributed by atoms with Crippen molar-refractivity contribution in [3.8, 4) is 0 Å². The minimum Gasteiger partial charge on any atom is -0.381 e. The fourth-order valence-electron chi connectivity index (χ4n) is 1.26. The van der Waals surface area contributed by atoms with Gasteiger partial charge in [-0.05, 0) is 13.3 Å². The van der Waals surface area contributed by atoms with Gasteiger partial charge in [0.2, 0.25) is 0 Å². The Morgan fingerprint density at radius 1 is 1.38 bits per heavy atom. The van der Waals surface area contributed by atoms with Crippen molar-refractivity contribution < 1.29 is 14.2 Å². The van der Waals surface area contributed by atoms with Gasteiger partial charge in [0.25, 0.3) is 0 Å². The van der Waals surface area contributed by atoms with Gasteiger partial charge in [0.1, 0.15) is 0 Å². The van der Waals surface area contributed by atoms with Crippen LogP contribution < -0.4 is 0 Å². The average molecular weight is 188 g/mol. The van der Waals surface area contributed by atoms with E-state index in [1.807, 2.05) is 6.92 Å². The van der Waals surface area contributed by atoms with Crippen molar-refractivity contribution in [2.75, 3.05) is 19.8 Å². The number of unbranched alkanes of at least 4 members (excludes halogenated alkanes) is 1. The second-order valence-corrected chi connectivity index (χ2v) is 3.46. The SMILES string of the molecule is CCCCOCCC1OCC(C)O1. The second-order valence-electron chi connectivity index (χ2n) is 3.46. The molecular formula is C10H20O3. The molecule has 1 fully saturated rings. The molecule has 0 saturated carbocycles. The fraction of sp³-hybridized carbons (Fsp3) is 1.00. The van der Waals surface area contributed by atoms with Gasteiger partial charge >= 0.3 is 0 Å². The minimum absolute atomic E-state index is 0.0309. The van der Waals surface area contributed by atoms with E-state index in [9.17, 15) is 0 Å². The van der Waals surface area contributed by atoms with Gasteiger partial charge in [-0.1, -0.05) is 13.3 Å². The topological polar surface area (TPSA) is 27.7 Å². The highest BCUT2D eigenvalue weighted by Gasteiger charge is 2.21. The van der Waals surface area contributed by atoms with Crippen molar-refractivity contribution in [1.29, 1.82) is 0 Å². The summed E-state index contributed by atoms with van der Waals surface area (Å²) in [6.45, 7) is 6.52. The molecule has 3 heteroatoms. The van der Waals surface area contributed by atoms with Gasteiger partial charge in [-0.3, -0.25) is 0 Å². The van der Waals surface area contributed by atoms with Crippen molar-refractivity contribution in [1.82, 2.24) is 0 Å². The molecule has 13 heavy (non-hydrogen) atoms. The van der Waals surface area contributed by atoms with Gasteiger partial charge in [0.15, 0.2) is 6.29 Å². The number of ether oxygens (including phenoxy) is 3. The monoisotopic (exact) mass is 188 g/mol. The maximum Gasteiger partial charge on any atom is 0.160 e. The average Bonchev–Trinajstić information content (AvgIpc) is 2.51. The molecule has 0 aliphatic carbocycles. The van der Waals surface area contributed by atoms with Crippen molar-refractivity contribution in [3.63, 3.8) is 0 Å². The lowest BCUT2D eigenvalue weighted by molar-refractivity contribution is -0.0727. The zero-order chi connectivity index (χ0) is 9.52. The summed E-state index contributed by atoms with van der Waals surface area (Å²) in [5.41, 5.74) is 0. The van der Waals surface area contributed by atoms with Crippen LogP contribution in [0, 0.1) is 0 Å². The quantitative estimate of drug-likeness (QED) is 0.596. The lowest BCUT2D eigenvalue weighted by Gasteiger charge is -2.09. The Kier molecular flexibility index (Phi) is 5.35. The van der Waals surface area contributed by atoms with E-state index in [2.05, 4.69) is 6.92 Å². The Balaban J connectivity index is 1.88. The standard InChI is InChI=1S/C10H20O3/c1-3-4-6-11-7-5-10-12-8-9(2)13-10/h9-10H,3-8H2,1-2H3. The Labute approximate surface area is 80.4 Å². The number of rotatable bonds is 6. The molecule has 0 N–H and O–H groups in total. The third-order valence-corrected chi connectivity index (χ3v) is 2.04. The largest absolute Gasteiger partial charge is 0.381 e. The Bertz CT molecular complexity index is 127. The van der Waals surface area contributed by atoms with Crippen LogP contribution in [-0.2, 0) is 14.2 Å². The Morgan fingerprint density at radius 3 is 2.85 bits per heavy atom. The molecule has 0 aromatic carbocycles. The van der Waals surface area contributed by atoms with Crippen molar-refractivity contribution >= 4 is 0 Å². The minimum atomic E-state index is -0.0309. The van der Waals surface area contributed by atoms with Crippen molar-refractivity contribution in [2.45, 2.75) is 45.5 Å². The molecule has 0 radical (unpaired) electrons. The van der Waals surface area contributed by atoms with E-state index in [0.29, 0.717) is 0 Å². The smallest absolute Gasteiger partial charge is 0.160 e. The number of hydrogen-bond acceptors (Lipinski definition) is 3. The summed E-state index contributed by atoms with van der Waals surface area (Å²) in [6.07, 6.45) is 3.40. The molecule has 1 rings (SSSR count). The summed E-state index contributed by atoms with van der Waals surface area (Å²) in [5, 5.41) is 0. The van der Waals surface area contributed by atoms with E-state index < -0.39 is 0 Å². The normalized spacial score (nSPS) is 28.2. The maximum atomic E-state index is 5.47. The molecule has 1 saturated heterocycles. The van der Waals surface area contributed by atoms with Crippen LogP contribution in [0.15, 0.2) is 0 Å². The highest BCUT2D eigenvalue weighted by Crippen LogP contribution is 2.13. The van der Waals surface area contributed by atoms with Crippen LogP contribution in [-0.4, -0.2) is 32.2 Å². The first kappa shape index (κ1) is 11.0. The lowest BCUT2D eigenvalue weighted by atomic mass is 10.4. The van der Waals surface area contributed by atoms with Gasteiger partial charge in [-0.2, -0.15) is 0 Å². The zero-order valence-corrected chi connectivity index (χ0v) is 8.62. The van der Waals surface area contributed by atoms with Gasteiger partial charge in [0, 0.05) is 13.0 Å². The summed E-state index contributed by atoms with van der Waals surface area (Å²) < 4.78 is 16.2. The lowest BCUT2D eigenvalue weighted by Crippen LogP contribution is -2.12. The van der Waals surface area contributed by atoms with E-state index in [1.54, 1.807) is 0 Å².